The monoisotopic (exact) mass is 258 g/mol. The van der Waals surface area contributed by atoms with Crippen molar-refractivity contribution in [3.05, 3.63) is 70.8 Å². The second-order valence-corrected chi connectivity index (χ2v) is 5.29. The largest absolute Gasteiger partial charge is 0.384 e. The van der Waals surface area contributed by atoms with E-state index in [1.165, 1.54) is 0 Å². The summed E-state index contributed by atoms with van der Waals surface area (Å²) >= 11 is 0. The fraction of sp³-hybridized carbons (Fsp3) is 0.250. The van der Waals surface area contributed by atoms with E-state index in [4.69, 9.17) is 0 Å². The van der Waals surface area contributed by atoms with E-state index in [0.29, 0.717) is 22.3 Å². The molecular formula is C16H12F2O. The van der Waals surface area contributed by atoms with Crippen molar-refractivity contribution in [2.24, 2.45) is 0 Å². The molecule has 4 rings (SSSR count). The van der Waals surface area contributed by atoms with Crippen molar-refractivity contribution in [2.45, 2.75) is 23.9 Å². The van der Waals surface area contributed by atoms with Crippen LogP contribution in [-0.4, -0.2) is 11.0 Å². The number of benzene rings is 2. The van der Waals surface area contributed by atoms with Gasteiger partial charge in [0.05, 0.1) is 11.8 Å². The molecule has 1 saturated carbocycles. The summed E-state index contributed by atoms with van der Waals surface area (Å²) in [5, 5.41) is 10.5. The molecule has 19 heavy (non-hydrogen) atoms. The first-order valence-corrected chi connectivity index (χ1v) is 6.36. The highest BCUT2D eigenvalue weighted by atomic mass is 19.3. The van der Waals surface area contributed by atoms with Gasteiger partial charge in [-0.1, -0.05) is 48.5 Å². The molecule has 0 aliphatic heterocycles. The van der Waals surface area contributed by atoms with Crippen LogP contribution in [0.25, 0.3) is 0 Å². The molecule has 2 aromatic carbocycles. The van der Waals surface area contributed by atoms with E-state index in [2.05, 4.69) is 0 Å². The quantitative estimate of drug-likeness (QED) is 0.765. The fourth-order valence-corrected chi connectivity index (χ4v) is 3.35. The summed E-state index contributed by atoms with van der Waals surface area (Å²) in [4.78, 5) is 0. The van der Waals surface area contributed by atoms with Gasteiger partial charge in [-0.05, 0) is 22.3 Å². The van der Waals surface area contributed by atoms with Crippen molar-refractivity contribution in [1.82, 2.24) is 0 Å². The molecule has 0 aromatic heterocycles. The average molecular weight is 258 g/mol. The number of halogens is 2. The molecule has 1 nitrogen and oxygen atoms in total. The molecule has 2 unspecified atom stereocenters. The molecule has 2 aliphatic carbocycles. The Morgan fingerprint density at radius 1 is 0.737 bits per heavy atom. The highest BCUT2D eigenvalue weighted by molar-refractivity contribution is 5.55. The maximum absolute atomic E-state index is 14.1. The zero-order valence-corrected chi connectivity index (χ0v) is 10.1. The van der Waals surface area contributed by atoms with Crippen LogP contribution in [0.3, 0.4) is 0 Å². The Hall–Kier alpha value is -1.74. The van der Waals surface area contributed by atoms with Gasteiger partial charge in [-0.2, -0.15) is 0 Å². The third-order valence-corrected chi connectivity index (χ3v) is 4.30. The number of fused-ring (bicyclic) bond motifs is 5. The summed E-state index contributed by atoms with van der Waals surface area (Å²) in [6.45, 7) is 0. The Balaban J connectivity index is 2.02. The van der Waals surface area contributed by atoms with Crippen molar-refractivity contribution in [3.8, 4) is 0 Å². The molecule has 0 spiro atoms. The van der Waals surface area contributed by atoms with Gasteiger partial charge in [-0.25, -0.2) is 8.78 Å². The van der Waals surface area contributed by atoms with E-state index >= 15 is 0 Å². The smallest absolute Gasteiger partial charge is 0.263 e. The van der Waals surface area contributed by atoms with E-state index in [1.807, 2.05) is 0 Å². The molecule has 0 heterocycles. The van der Waals surface area contributed by atoms with Crippen LogP contribution in [-0.2, 0) is 0 Å². The number of rotatable bonds is 0. The summed E-state index contributed by atoms with van der Waals surface area (Å²) < 4.78 is 28.2. The predicted octanol–water partition coefficient (Wildman–Crippen LogP) is 3.60. The van der Waals surface area contributed by atoms with Gasteiger partial charge in [0.1, 0.15) is 6.10 Å². The SMILES string of the molecule is OC1c2ccccc2C2C(c3ccccc31)C2(F)F. The van der Waals surface area contributed by atoms with Crippen molar-refractivity contribution in [3.63, 3.8) is 0 Å². The summed E-state index contributed by atoms with van der Waals surface area (Å²) in [5.41, 5.74) is 2.39. The van der Waals surface area contributed by atoms with Crippen LogP contribution in [0.15, 0.2) is 48.5 Å². The number of aliphatic hydroxyl groups excluding tert-OH is 1. The number of alkyl halides is 2. The molecule has 0 bridgehead atoms. The van der Waals surface area contributed by atoms with Gasteiger partial charge < -0.3 is 5.11 Å². The van der Waals surface area contributed by atoms with Crippen LogP contribution in [0.5, 0.6) is 0 Å². The number of hydrogen-bond acceptors (Lipinski definition) is 1. The Bertz CT molecular complexity index is 610. The molecule has 2 atom stereocenters. The van der Waals surface area contributed by atoms with E-state index in [-0.39, 0.29) is 0 Å². The van der Waals surface area contributed by atoms with Crippen LogP contribution in [0.4, 0.5) is 8.78 Å². The molecule has 2 aliphatic rings. The molecule has 0 radical (unpaired) electrons. The van der Waals surface area contributed by atoms with E-state index < -0.39 is 23.9 Å². The van der Waals surface area contributed by atoms with Crippen LogP contribution in [0, 0.1) is 0 Å². The third kappa shape index (κ3) is 1.31. The third-order valence-electron chi connectivity index (χ3n) is 4.30. The molecule has 0 saturated heterocycles. The highest BCUT2D eigenvalue weighted by Crippen LogP contribution is 2.69. The lowest BCUT2D eigenvalue weighted by molar-refractivity contribution is 0.103. The Morgan fingerprint density at radius 3 is 1.53 bits per heavy atom. The lowest BCUT2D eigenvalue weighted by atomic mass is 9.94. The second kappa shape index (κ2) is 3.42. The summed E-state index contributed by atoms with van der Waals surface area (Å²) in [7, 11) is 0. The molecule has 1 fully saturated rings. The van der Waals surface area contributed by atoms with Crippen LogP contribution < -0.4 is 0 Å². The minimum absolute atomic E-state index is 0.584. The van der Waals surface area contributed by atoms with Gasteiger partial charge in [-0.15, -0.1) is 0 Å². The first-order valence-electron chi connectivity index (χ1n) is 6.36. The minimum Gasteiger partial charge on any atom is -0.384 e. The fourth-order valence-electron chi connectivity index (χ4n) is 3.35. The van der Waals surface area contributed by atoms with Gasteiger partial charge in [-0.3, -0.25) is 0 Å². The van der Waals surface area contributed by atoms with E-state index in [9.17, 15) is 13.9 Å². The molecular weight excluding hydrogens is 246 g/mol. The Labute approximate surface area is 109 Å². The maximum atomic E-state index is 14.1. The molecule has 2 aromatic rings. The normalized spacial score (nSPS) is 29.7. The van der Waals surface area contributed by atoms with Gasteiger partial charge in [0.15, 0.2) is 0 Å². The van der Waals surface area contributed by atoms with Crippen molar-refractivity contribution in [2.75, 3.05) is 0 Å². The molecule has 0 amide bonds. The summed E-state index contributed by atoms with van der Waals surface area (Å²) in [5.74, 6) is -4.28. The maximum Gasteiger partial charge on any atom is 0.263 e. The second-order valence-electron chi connectivity index (χ2n) is 5.29. The molecule has 1 N–H and O–H groups in total. The number of hydrogen-bond donors (Lipinski definition) is 1. The van der Waals surface area contributed by atoms with Crippen molar-refractivity contribution in [1.29, 1.82) is 0 Å². The van der Waals surface area contributed by atoms with Crippen molar-refractivity contribution < 1.29 is 13.9 Å². The predicted molar refractivity (Wildman–Crippen MR) is 67.4 cm³/mol. The topological polar surface area (TPSA) is 20.2 Å². The minimum atomic E-state index is -2.70. The van der Waals surface area contributed by atoms with Gasteiger partial charge in [0.2, 0.25) is 0 Å². The Kier molecular flexibility index (Phi) is 2.00. The first kappa shape index (κ1) is 11.1. The zero-order valence-electron chi connectivity index (χ0n) is 10.1. The highest BCUT2D eigenvalue weighted by Gasteiger charge is 2.71. The van der Waals surface area contributed by atoms with Crippen LogP contribution in [0.2, 0.25) is 0 Å². The zero-order chi connectivity index (χ0) is 13.2. The van der Waals surface area contributed by atoms with Crippen LogP contribution >= 0.6 is 0 Å². The van der Waals surface area contributed by atoms with Gasteiger partial charge in [0.25, 0.3) is 5.92 Å². The Morgan fingerprint density at radius 2 is 1.11 bits per heavy atom. The average Bonchev–Trinajstić information content (AvgIpc) is 3.02. The van der Waals surface area contributed by atoms with Crippen LogP contribution in [0.1, 0.15) is 40.2 Å². The standard InChI is InChI=1S/C16H12F2O/c17-16(18)13-9-5-1-3-7-11(9)15(19)12-8-4-2-6-10(12)14(13)16/h1-8,13-15,19H. The first-order chi connectivity index (χ1) is 9.12. The summed E-state index contributed by atoms with van der Waals surface area (Å²) in [6, 6.07) is 14.0. The van der Waals surface area contributed by atoms with Gasteiger partial charge >= 0.3 is 0 Å². The lowest BCUT2D eigenvalue weighted by Gasteiger charge is -2.17. The lowest BCUT2D eigenvalue weighted by Crippen LogP contribution is -2.08. The van der Waals surface area contributed by atoms with E-state index in [1.54, 1.807) is 48.5 Å². The van der Waals surface area contributed by atoms with Gasteiger partial charge in [0, 0.05) is 0 Å². The molecule has 96 valence electrons. The summed E-state index contributed by atoms with van der Waals surface area (Å²) in [6.07, 6.45) is -0.809. The van der Waals surface area contributed by atoms with Crippen molar-refractivity contribution >= 4 is 0 Å². The van der Waals surface area contributed by atoms with E-state index in [0.717, 1.165) is 0 Å². The number of aliphatic hydroxyl groups is 1. The molecule has 3 heteroatoms.